The van der Waals surface area contributed by atoms with E-state index in [0.29, 0.717) is 11.3 Å². The number of aliphatic carboxylic acids is 2. The minimum Gasteiger partial charge on any atom is -0.481 e. The number of rotatable bonds is 6. The molecule has 0 saturated heterocycles. The van der Waals surface area contributed by atoms with Crippen molar-refractivity contribution in [3.8, 4) is 0 Å². The quantitative estimate of drug-likeness (QED) is 0.730. The van der Waals surface area contributed by atoms with Crippen molar-refractivity contribution in [2.45, 2.75) is 32.7 Å². The summed E-state index contributed by atoms with van der Waals surface area (Å²) in [5.41, 5.74) is 2.22. The maximum atomic E-state index is 12.4. The van der Waals surface area contributed by atoms with E-state index in [2.05, 4.69) is 10.3 Å². The normalized spacial score (nSPS) is 12.1. The molecule has 3 N–H and O–H groups in total. The number of imidazole rings is 1. The van der Waals surface area contributed by atoms with Gasteiger partial charge in [-0.1, -0.05) is 6.07 Å². The van der Waals surface area contributed by atoms with Crippen LogP contribution in [-0.2, 0) is 9.59 Å². The molecule has 122 valence electrons. The number of nitrogens with zero attached hydrogens (tertiary/aromatic N) is 2. The van der Waals surface area contributed by atoms with Crippen LogP contribution in [0.1, 0.15) is 34.6 Å². The summed E-state index contributed by atoms with van der Waals surface area (Å²) in [5, 5.41) is 20.2. The van der Waals surface area contributed by atoms with Crippen LogP contribution in [0.2, 0.25) is 0 Å². The average molecular weight is 319 g/mol. The molecule has 2 heterocycles. The minimum atomic E-state index is -1.28. The zero-order chi connectivity index (χ0) is 17.1. The van der Waals surface area contributed by atoms with Crippen molar-refractivity contribution >= 4 is 23.5 Å². The fourth-order valence-corrected chi connectivity index (χ4v) is 2.34. The van der Waals surface area contributed by atoms with Gasteiger partial charge in [0, 0.05) is 12.6 Å². The molecule has 0 fully saturated rings. The highest BCUT2D eigenvalue weighted by molar-refractivity contribution is 5.97. The van der Waals surface area contributed by atoms with Crippen molar-refractivity contribution < 1.29 is 24.6 Å². The number of carbonyl (C=O) groups excluding carboxylic acids is 1. The number of aryl methyl sites for hydroxylation is 2. The SMILES string of the molecule is Cc1nc2c(C)cccn2c1C(=O)NC(CCC(=O)O)C(=O)O. The number of aromatic nitrogens is 2. The molecule has 0 aliphatic rings. The summed E-state index contributed by atoms with van der Waals surface area (Å²) >= 11 is 0. The lowest BCUT2D eigenvalue weighted by Crippen LogP contribution is -2.41. The molecule has 0 bridgehead atoms. The second-order valence-corrected chi connectivity index (χ2v) is 5.23. The Kier molecular flexibility index (Phi) is 4.63. The van der Waals surface area contributed by atoms with Crippen LogP contribution in [0.15, 0.2) is 18.3 Å². The summed E-state index contributed by atoms with van der Waals surface area (Å²) in [7, 11) is 0. The number of carboxylic acid groups (broad SMARTS) is 2. The van der Waals surface area contributed by atoms with Crippen molar-refractivity contribution in [3.05, 3.63) is 35.3 Å². The van der Waals surface area contributed by atoms with Crippen molar-refractivity contribution in [1.82, 2.24) is 14.7 Å². The van der Waals surface area contributed by atoms with Gasteiger partial charge in [-0.05, 0) is 31.9 Å². The first-order chi connectivity index (χ1) is 10.8. The number of pyridine rings is 1. The Morgan fingerprint density at radius 2 is 2.00 bits per heavy atom. The number of nitrogens with one attached hydrogen (secondary N) is 1. The van der Waals surface area contributed by atoms with E-state index in [0.717, 1.165) is 5.56 Å². The number of hydrogen-bond donors (Lipinski definition) is 3. The summed E-state index contributed by atoms with van der Waals surface area (Å²) in [5.74, 6) is -2.99. The second-order valence-electron chi connectivity index (χ2n) is 5.23. The van der Waals surface area contributed by atoms with Gasteiger partial charge in [0.25, 0.3) is 5.91 Å². The van der Waals surface area contributed by atoms with Crippen molar-refractivity contribution in [2.75, 3.05) is 0 Å². The van der Waals surface area contributed by atoms with Gasteiger partial charge in [-0.2, -0.15) is 0 Å². The molecule has 2 aromatic rings. The Morgan fingerprint density at radius 1 is 1.30 bits per heavy atom. The predicted octanol–water partition coefficient (Wildman–Crippen LogP) is 0.999. The van der Waals surface area contributed by atoms with Gasteiger partial charge in [0.1, 0.15) is 17.4 Å². The van der Waals surface area contributed by atoms with E-state index in [1.165, 1.54) is 0 Å². The lowest BCUT2D eigenvalue weighted by Gasteiger charge is -2.13. The minimum absolute atomic E-state index is 0.189. The summed E-state index contributed by atoms with van der Waals surface area (Å²) in [6.45, 7) is 3.52. The molecule has 8 nitrogen and oxygen atoms in total. The van der Waals surface area contributed by atoms with Crippen LogP contribution in [0.3, 0.4) is 0 Å². The molecular formula is C15H17N3O5. The molecule has 23 heavy (non-hydrogen) atoms. The lowest BCUT2D eigenvalue weighted by molar-refractivity contribution is -0.140. The maximum absolute atomic E-state index is 12.4. The van der Waals surface area contributed by atoms with E-state index in [-0.39, 0.29) is 18.5 Å². The largest absolute Gasteiger partial charge is 0.481 e. The Balaban J connectivity index is 2.29. The first-order valence-corrected chi connectivity index (χ1v) is 7.01. The van der Waals surface area contributed by atoms with Gasteiger partial charge in [-0.3, -0.25) is 14.0 Å². The highest BCUT2D eigenvalue weighted by atomic mass is 16.4. The Labute approximate surface area is 131 Å². The molecule has 0 spiro atoms. The fraction of sp³-hybridized carbons (Fsp3) is 0.333. The Hall–Kier alpha value is -2.90. The highest BCUT2D eigenvalue weighted by Gasteiger charge is 2.24. The standard InChI is InChI=1S/C15H17N3O5/c1-8-4-3-7-18-12(9(2)16-13(8)18)14(21)17-10(15(22)23)5-6-11(19)20/h3-4,7,10H,5-6H2,1-2H3,(H,17,21)(H,19,20)(H,22,23). The molecule has 8 heteroatoms. The first-order valence-electron chi connectivity index (χ1n) is 7.01. The van der Waals surface area contributed by atoms with Crippen LogP contribution in [0.5, 0.6) is 0 Å². The molecule has 2 aromatic heterocycles. The molecule has 0 saturated carbocycles. The molecule has 0 aliphatic heterocycles. The topological polar surface area (TPSA) is 121 Å². The zero-order valence-electron chi connectivity index (χ0n) is 12.7. The van der Waals surface area contributed by atoms with Crippen molar-refractivity contribution in [3.63, 3.8) is 0 Å². The summed E-state index contributed by atoms with van der Waals surface area (Å²) in [6, 6.07) is 2.35. The van der Waals surface area contributed by atoms with Gasteiger partial charge >= 0.3 is 11.9 Å². The van der Waals surface area contributed by atoms with Crippen molar-refractivity contribution in [2.24, 2.45) is 0 Å². The Morgan fingerprint density at radius 3 is 2.61 bits per heavy atom. The van der Waals surface area contributed by atoms with Gasteiger partial charge in [-0.15, -0.1) is 0 Å². The van der Waals surface area contributed by atoms with Crippen molar-refractivity contribution in [1.29, 1.82) is 0 Å². The fourth-order valence-electron chi connectivity index (χ4n) is 2.34. The van der Waals surface area contributed by atoms with E-state index in [4.69, 9.17) is 10.2 Å². The second kappa shape index (κ2) is 6.47. The van der Waals surface area contributed by atoms with Crippen LogP contribution in [0.4, 0.5) is 0 Å². The third-order valence-corrected chi connectivity index (χ3v) is 3.48. The van der Waals surface area contributed by atoms with E-state index in [1.807, 2.05) is 13.0 Å². The van der Waals surface area contributed by atoms with Crippen LogP contribution in [0.25, 0.3) is 5.65 Å². The van der Waals surface area contributed by atoms with Crippen LogP contribution < -0.4 is 5.32 Å². The molecule has 1 atom stereocenters. The molecule has 2 rings (SSSR count). The summed E-state index contributed by atoms with van der Waals surface area (Å²) < 4.78 is 1.59. The molecule has 1 unspecified atom stereocenters. The number of amides is 1. The lowest BCUT2D eigenvalue weighted by atomic mass is 10.1. The van der Waals surface area contributed by atoms with Crippen LogP contribution in [-0.4, -0.2) is 43.5 Å². The Bertz CT molecular complexity index is 781. The third kappa shape index (κ3) is 3.47. The van der Waals surface area contributed by atoms with Gasteiger partial charge in [-0.25, -0.2) is 9.78 Å². The van der Waals surface area contributed by atoms with E-state index < -0.39 is 23.9 Å². The maximum Gasteiger partial charge on any atom is 0.326 e. The number of fused-ring (bicyclic) bond motifs is 1. The van der Waals surface area contributed by atoms with E-state index in [9.17, 15) is 14.4 Å². The predicted molar refractivity (Wildman–Crippen MR) is 80.4 cm³/mol. The number of carbonyl (C=O) groups is 3. The molecule has 1 amide bonds. The average Bonchev–Trinajstić information content (AvgIpc) is 2.80. The number of hydrogen-bond acceptors (Lipinski definition) is 4. The highest BCUT2D eigenvalue weighted by Crippen LogP contribution is 2.15. The number of carboxylic acids is 2. The first kappa shape index (κ1) is 16.5. The van der Waals surface area contributed by atoms with Gasteiger partial charge in [0.2, 0.25) is 0 Å². The van der Waals surface area contributed by atoms with Crippen LogP contribution in [0, 0.1) is 13.8 Å². The molecule has 0 radical (unpaired) electrons. The molecule has 0 aromatic carbocycles. The third-order valence-electron chi connectivity index (χ3n) is 3.48. The smallest absolute Gasteiger partial charge is 0.326 e. The summed E-state index contributed by atoms with van der Waals surface area (Å²) in [6.07, 6.45) is 1.14. The molecular weight excluding hydrogens is 302 g/mol. The monoisotopic (exact) mass is 319 g/mol. The molecule has 0 aliphatic carbocycles. The van der Waals surface area contributed by atoms with Crippen LogP contribution >= 0.6 is 0 Å². The van der Waals surface area contributed by atoms with Gasteiger partial charge in [0.05, 0.1) is 5.69 Å². The van der Waals surface area contributed by atoms with E-state index in [1.54, 1.807) is 23.6 Å². The van der Waals surface area contributed by atoms with Gasteiger partial charge in [0.15, 0.2) is 0 Å². The zero-order valence-corrected chi connectivity index (χ0v) is 12.7. The summed E-state index contributed by atoms with van der Waals surface area (Å²) in [4.78, 5) is 38.5. The van der Waals surface area contributed by atoms with Gasteiger partial charge < -0.3 is 15.5 Å². The van der Waals surface area contributed by atoms with E-state index >= 15 is 0 Å².